The lowest BCUT2D eigenvalue weighted by atomic mass is 10.0. The molecule has 0 spiro atoms. The summed E-state index contributed by atoms with van der Waals surface area (Å²) in [5.41, 5.74) is 0. The van der Waals surface area contributed by atoms with Gasteiger partial charge in [-0.1, -0.05) is 168 Å². The summed E-state index contributed by atoms with van der Waals surface area (Å²) >= 11 is 0. The zero-order valence-corrected chi connectivity index (χ0v) is 29.2. The molecule has 1 aliphatic rings. The van der Waals surface area contributed by atoms with E-state index in [1.165, 1.54) is 116 Å². The number of rotatable bonds is 31. The summed E-state index contributed by atoms with van der Waals surface area (Å²) in [5.74, 6) is -3.27. The van der Waals surface area contributed by atoms with Gasteiger partial charge in [-0.25, -0.2) is 0 Å². The van der Waals surface area contributed by atoms with E-state index in [1.54, 1.807) is 0 Å². The van der Waals surface area contributed by atoms with Crippen LogP contribution in [0.5, 0.6) is 0 Å². The normalized spacial score (nSPS) is 18.4. The first kappa shape index (κ1) is 41.8. The molecular formula is C37H70O8. The Morgan fingerprint density at radius 2 is 0.911 bits per heavy atom. The van der Waals surface area contributed by atoms with E-state index in [-0.39, 0.29) is 19.4 Å². The quantitative estimate of drug-likeness (QED) is 0.0437. The summed E-state index contributed by atoms with van der Waals surface area (Å²) in [6.45, 7) is 3.70. The van der Waals surface area contributed by atoms with Crippen LogP contribution in [-0.4, -0.2) is 53.7 Å². The molecule has 1 rings (SSSR count). The maximum Gasteiger partial charge on any atom is 0.309 e. The smallest absolute Gasteiger partial charge is 0.309 e. The van der Waals surface area contributed by atoms with Gasteiger partial charge in [0.2, 0.25) is 0 Å². The van der Waals surface area contributed by atoms with Crippen LogP contribution in [0.15, 0.2) is 0 Å². The Morgan fingerprint density at radius 1 is 0.600 bits per heavy atom. The summed E-state index contributed by atoms with van der Waals surface area (Å²) in [6, 6.07) is 0. The van der Waals surface area contributed by atoms with Gasteiger partial charge in [-0.15, -0.1) is 0 Å². The van der Waals surface area contributed by atoms with E-state index in [0.717, 1.165) is 38.5 Å². The minimum absolute atomic E-state index is 0.171. The molecule has 1 heterocycles. The van der Waals surface area contributed by atoms with Crippen LogP contribution < -0.4 is 0 Å². The van der Waals surface area contributed by atoms with Crippen LogP contribution in [0.25, 0.3) is 0 Å². The zero-order valence-electron chi connectivity index (χ0n) is 29.2. The Bertz CT molecular complexity index is 648. The van der Waals surface area contributed by atoms with Crippen molar-refractivity contribution in [3.8, 4) is 0 Å². The van der Waals surface area contributed by atoms with Crippen molar-refractivity contribution in [1.82, 2.24) is 0 Å². The second-order valence-corrected chi connectivity index (χ2v) is 13.2. The van der Waals surface area contributed by atoms with Crippen LogP contribution in [0.4, 0.5) is 0 Å². The molecule has 0 radical (unpaired) electrons. The number of carbonyl (C=O) groups is 2. The molecule has 2 unspecified atom stereocenters. The van der Waals surface area contributed by atoms with Gasteiger partial charge in [-0.05, 0) is 12.8 Å². The van der Waals surface area contributed by atoms with Gasteiger partial charge >= 0.3 is 18.2 Å². The summed E-state index contributed by atoms with van der Waals surface area (Å²) < 4.78 is 21.2. The molecule has 1 fully saturated rings. The van der Waals surface area contributed by atoms with Crippen LogP contribution in [0, 0.1) is 0 Å². The van der Waals surface area contributed by atoms with Crippen molar-refractivity contribution >= 4 is 11.9 Å². The van der Waals surface area contributed by atoms with E-state index in [9.17, 15) is 19.8 Å². The summed E-state index contributed by atoms with van der Waals surface area (Å²) in [4.78, 5) is 25.2. The predicted octanol–water partition coefficient (Wildman–Crippen LogP) is 9.42. The summed E-state index contributed by atoms with van der Waals surface area (Å²) in [7, 11) is 0. The average molecular weight is 643 g/mol. The van der Waals surface area contributed by atoms with Gasteiger partial charge in [0.05, 0.1) is 0 Å². The molecule has 45 heavy (non-hydrogen) atoms. The molecule has 0 saturated carbocycles. The molecule has 0 amide bonds. The van der Waals surface area contributed by atoms with Crippen LogP contribution in [0.3, 0.4) is 0 Å². The largest absolute Gasteiger partial charge is 0.419 e. The zero-order chi connectivity index (χ0) is 32.9. The lowest BCUT2D eigenvalue weighted by Gasteiger charge is -2.38. The minimum Gasteiger partial charge on any atom is -0.419 e. The molecule has 1 saturated heterocycles. The monoisotopic (exact) mass is 643 g/mol. The van der Waals surface area contributed by atoms with E-state index < -0.39 is 36.9 Å². The lowest BCUT2D eigenvalue weighted by molar-refractivity contribution is -0.380. The van der Waals surface area contributed by atoms with E-state index in [4.69, 9.17) is 18.9 Å². The maximum absolute atomic E-state index is 12.6. The Morgan fingerprint density at radius 3 is 1.20 bits per heavy atom. The maximum atomic E-state index is 12.6. The fourth-order valence-electron chi connectivity index (χ4n) is 5.80. The van der Waals surface area contributed by atoms with Crippen LogP contribution in [0.2, 0.25) is 0 Å². The highest BCUT2D eigenvalue weighted by atomic mass is 16.8. The van der Waals surface area contributed by atoms with Gasteiger partial charge in [0.1, 0.15) is 13.2 Å². The molecular weight excluding hydrogens is 572 g/mol. The van der Waals surface area contributed by atoms with E-state index in [0.29, 0.717) is 12.8 Å². The fraction of sp³-hybridized carbons (Fsp3) is 0.946. The van der Waals surface area contributed by atoms with Gasteiger partial charge in [-0.3, -0.25) is 9.59 Å². The number of hydrogen-bond donors (Lipinski definition) is 2. The van der Waals surface area contributed by atoms with E-state index in [2.05, 4.69) is 13.8 Å². The number of aliphatic hydroxyl groups excluding tert-OH is 1. The third-order valence-corrected chi connectivity index (χ3v) is 8.77. The van der Waals surface area contributed by atoms with Gasteiger partial charge in [0.25, 0.3) is 5.79 Å². The topological polar surface area (TPSA) is 112 Å². The molecule has 0 bridgehead atoms. The minimum atomic E-state index is -2.16. The third-order valence-electron chi connectivity index (χ3n) is 8.77. The van der Waals surface area contributed by atoms with E-state index in [1.807, 2.05) is 0 Å². The van der Waals surface area contributed by atoms with Crippen molar-refractivity contribution in [2.75, 3.05) is 13.2 Å². The lowest BCUT2D eigenvalue weighted by Crippen LogP contribution is -2.57. The molecule has 266 valence electrons. The number of aliphatic hydroxyl groups is 2. The Kier molecular flexibility index (Phi) is 26.9. The van der Waals surface area contributed by atoms with Crippen LogP contribution >= 0.6 is 0 Å². The number of unbranched alkanes of at least 4 members (excludes halogenated alkanes) is 24. The highest BCUT2D eigenvalue weighted by molar-refractivity contribution is 5.71. The van der Waals surface area contributed by atoms with Crippen molar-refractivity contribution in [2.45, 2.75) is 212 Å². The SMILES string of the molecule is CCCCCCCCCCCCCCCC(=O)OC(OC(=O)CCCCCCCCCCCCCCC)C1(O)COC(O)CO1. The first-order valence-corrected chi connectivity index (χ1v) is 19.0. The van der Waals surface area contributed by atoms with Crippen molar-refractivity contribution in [1.29, 1.82) is 0 Å². The second kappa shape index (κ2) is 29.0. The number of esters is 2. The fourth-order valence-corrected chi connectivity index (χ4v) is 5.80. The molecule has 2 N–H and O–H groups in total. The number of carbonyl (C=O) groups excluding carboxylic acids is 2. The molecule has 2 atom stereocenters. The van der Waals surface area contributed by atoms with Gasteiger partial charge in [0.15, 0.2) is 6.29 Å². The molecule has 0 aromatic rings. The first-order valence-electron chi connectivity index (χ1n) is 19.0. The third kappa shape index (κ3) is 23.7. The molecule has 1 aliphatic heterocycles. The highest BCUT2D eigenvalue weighted by Crippen LogP contribution is 2.25. The first-order chi connectivity index (χ1) is 21.9. The van der Waals surface area contributed by atoms with Gasteiger partial charge in [0, 0.05) is 12.8 Å². The average Bonchev–Trinajstić information content (AvgIpc) is 3.03. The van der Waals surface area contributed by atoms with Crippen molar-refractivity contribution < 1.29 is 38.7 Å². The Balaban J connectivity index is 2.22. The predicted molar refractivity (Wildman–Crippen MR) is 179 cm³/mol. The molecule has 0 aliphatic carbocycles. The molecule has 0 aromatic heterocycles. The molecule has 8 heteroatoms. The van der Waals surface area contributed by atoms with Crippen LogP contribution in [-0.2, 0) is 28.5 Å². The van der Waals surface area contributed by atoms with Crippen molar-refractivity contribution in [2.24, 2.45) is 0 Å². The summed E-state index contributed by atoms with van der Waals surface area (Å²) in [5, 5.41) is 20.5. The standard InChI is InChI=1S/C37H70O8/c1-3-5-7-9-11-13-15-17-19-21-23-25-27-29-33(38)44-36(37(41)32-42-35(40)31-43-37)45-34(39)30-28-26-24-22-20-18-16-14-12-10-8-6-4-2/h35-36,40-41H,3-32H2,1-2H3. The van der Waals surface area contributed by atoms with Gasteiger partial charge in [-0.2, -0.15) is 0 Å². The van der Waals surface area contributed by atoms with Crippen LogP contribution in [0.1, 0.15) is 194 Å². The Hall–Kier alpha value is -1.22. The molecule has 8 nitrogen and oxygen atoms in total. The van der Waals surface area contributed by atoms with Gasteiger partial charge < -0.3 is 29.2 Å². The highest BCUT2D eigenvalue weighted by Gasteiger charge is 2.47. The molecule has 0 aromatic carbocycles. The second-order valence-electron chi connectivity index (χ2n) is 13.2. The number of hydrogen-bond acceptors (Lipinski definition) is 8. The summed E-state index contributed by atoms with van der Waals surface area (Å²) in [6.07, 6.45) is 28.9. The van der Waals surface area contributed by atoms with Crippen molar-refractivity contribution in [3.05, 3.63) is 0 Å². The number of ether oxygens (including phenoxy) is 4. The van der Waals surface area contributed by atoms with Crippen molar-refractivity contribution in [3.63, 3.8) is 0 Å². The Labute approximate surface area is 275 Å². The van der Waals surface area contributed by atoms with E-state index >= 15 is 0 Å².